The third-order valence-electron chi connectivity index (χ3n) is 2.56. The molecule has 0 amide bonds. The zero-order valence-electron chi connectivity index (χ0n) is 11.3. The van der Waals surface area contributed by atoms with Gasteiger partial charge in [-0.25, -0.2) is 9.18 Å². The fraction of sp³-hybridized carbons (Fsp3) is 0.154. The standard InChI is InChI=1S/C13H7ClF4N2O3/c1-22-12(21)7-5-10(13(16,17)18)19-20-11(7)23-9-3-2-6(15)4-8(9)14/h2-5H,1H3. The Balaban J connectivity index is 2.47. The van der Waals surface area contributed by atoms with E-state index in [0.717, 1.165) is 25.3 Å². The van der Waals surface area contributed by atoms with Crippen molar-refractivity contribution in [2.24, 2.45) is 0 Å². The van der Waals surface area contributed by atoms with E-state index < -0.39 is 35.1 Å². The molecule has 0 unspecified atom stereocenters. The number of methoxy groups -OCH3 is 1. The second-order valence-corrected chi connectivity index (χ2v) is 4.52. The Morgan fingerprint density at radius 3 is 2.48 bits per heavy atom. The molecule has 0 bridgehead atoms. The van der Waals surface area contributed by atoms with Crippen molar-refractivity contribution >= 4 is 17.6 Å². The van der Waals surface area contributed by atoms with Crippen LogP contribution in [0, 0.1) is 5.82 Å². The van der Waals surface area contributed by atoms with E-state index in [1.165, 1.54) is 0 Å². The van der Waals surface area contributed by atoms with Gasteiger partial charge in [0.2, 0.25) is 0 Å². The third-order valence-corrected chi connectivity index (χ3v) is 2.85. The zero-order valence-corrected chi connectivity index (χ0v) is 12.1. The topological polar surface area (TPSA) is 61.3 Å². The van der Waals surface area contributed by atoms with E-state index in [0.29, 0.717) is 6.07 Å². The number of halogens is 5. The molecule has 1 aromatic heterocycles. The lowest BCUT2D eigenvalue weighted by Crippen LogP contribution is -2.14. The molecule has 0 radical (unpaired) electrons. The number of alkyl halides is 3. The molecule has 0 atom stereocenters. The van der Waals surface area contributed by atoms with E-state index in [-0.39, 0.29) is 10.8 Å². The minimum absolute atomic E-state index is 0.118. The number of aromatic nitrogens is 2. The van der Waals surface area contributed by atoms with Crippen LogP contribution in [0.25, 0.3) is 0 Å². The van der Waals surface area contributed by atoms with Crippen LogP contribution < -0.4 is 4.74 Å². The van der Waals surface area contributed by atoms with E-state index in [1.54, 1.807) is 0 Å². The number of hydrogen-bond acceptors (Lipinski definition) is 5. The molecule has 0 saturated carbocycles. The van der Waals surface area contributed by atoms with Crippen molar-refractivity contribution in [3.05, 3.63) is 46.4 Å². The molecule has 2 aromatic rings. The van der Waals surface area contributed by atoms with Gasteiger partial charge in [-0.2, -0.15) is 13.2 Å². The summed E-state index contributed by atoms with van der Waals surface area (Å²) < 4.78 is 60.4. The monoisotopic (exact) mass is 350 g/mol. The van der Waals surface area contributed by atoms with Gasteiger partial charge in [0.25, 0.3) is 5.88 Å². The van der Waals surface area contributed by atoms with Crippen LogP contribution in [0.4, 0.5) is 17.6 Å². The fourth-order valence-corrected chi connectivity index (χ4v) is 1.72. The molecule has 1 heterocycles. The van der Waals surface area contributed by atoms with Crippen molar-refractivity contribution in [3.63, 3.8) is 0 Å². The van der Waals surface area contributed by atoms with E-state index in [2.05, 4.69) is 14.9 Å². The van der Waals surface area contributed by atoms with Crippen LogP contribution in [-0.4, -0.2) is 23.3 Å². The van der Waals surface area contributed by atoms with Gasteiger partial charge in [-0.1, -0.05) is 11.6 Å². The van der Waals surface area contributed by atoms with E-state index in [9.17, 15) is 22.4 Å². The Morgan fingerprint density at radius 1 is 1.22 bits per heavy atom. The molecule has 0 aliphatic rings. The predicted molar refractivity (Wildman–Crippen MR) is 69.9 cm³/mol. The molecule has 10 heteroatoms. The number of rotatable bonds is 3. The number of carbonyl (C=O) groups excluding carboxylic acids is 1. The SMILES string of the molecule is COC(=O)c1cc(C(F)(F)F)nnc1Oc1ccc(F)cc1Cl. The summed E-state index contributed by atoms with van der Waals surface area (Å²) >= 11 is 5.74. The molecule has 122 valence electrons. The molecule has 23 heavy (non-hydrogen) atoms. The summed E-state index contributed by atoms with van der Waals surface area (Å²) in [6.07, 6.45) is -4.80. The lowest BCUT2D eigenvalue weighted by Gasteiger charge is -2.11. The van der Waals surface area contributed by atoms with Gasteiger partial charge >= 0.3 is 12.1 Å². The highest BCUT2D eigenvalue weighted by Gasteiger charge is 2.35. The van der Waals surface area contributed by atoms with Crippen molar-refractivity contribution < 1.29 is 31.8 Å². The van der Waals surface area contributed by atoms with Crippen LogP contribution in [0.3, 0.4) is 0 Å². The highest BCUT2D eigenvalue weighted by molar-refractivity contribution is 6.32. The second-order valence-electron chi connectivity index (χ2n) is 4.11. The minimum atomic E-state index is -4.80. The molecular formula is C13H7ClF4N2O3. The van der Waals surface area contributed by atoms with E-state index in [1.807, 2.05) is 0 Å². The Bertz CT molecular complexity index is 752. The first-order valence-electron chi connectivity index (χ1n) is 5.88. The van der Waals surface area contributed by atoms with Crippen molar-refractivity contribution in [3.8, 4) is 11.6 Å². The Morgan fingerprint density at radius 2 is 1.91 bits per heavy atom. The van der Waals surface area contributed by atoms with E-state index >= 15 is 0 Å². The normalized spacial score (nSPS) is 11.2. The number of hydrogen-bond donors (Lipinski definition) is 0. The highest BCUT2D eigenvalue weighted by Crippen LogP contribution is 2.33. The summed E-state index contributed by atoms with van der Waals surface area (Å²) in [6, 6.07) is 3.49. The number of esters is 1. The minimum Gasteiger partial charge on any atom is -0.465 e. The maximum absolute atomic E-state index is 13.0. The van der Waals surface area contributed by atoms with E-state index in [4.69, 9.17) is 16.3 Å². The molecule has 0 aliphatic heterocycles. The Hall–Kier alpha value is -2.42. The maximum Gasteiger partial charge on any atom is 0.435 e. The molecule has 0 spiro atoms. The Kier molecular flexibility index (Phi) is 4.69. The first kappa shape index (κ1) is 16.9. The molecule has 2 rings (SSSR count). The Labute approximate surface area is 131 Å². The second kappa shape index (κ2) is 6.37. The number of nitrogens with zero attached hydrogens (tertiary/aromatic N) is 2. The fourth-order valence-electron chi connectivity index (χ4n) is 1.51. The lowest BCUT2D eigenvalue weighted by atomic mass is 10.2. The number of benzene rings is 1. The van der Waals surface area contributed by atoms with Crippen LogP contribution in [0.1, 0.15) is 16.1 Å². The van der Waals surface area contributed by atoms with Gasteiger partial charge in [-0.3, -0.25) is 0 Å². The van der Waals surface area contributed by atoms with Crippen LogP contribution >= 0.6 is 11.6 Å². The van der Waals surface area contributed by atoms with Crippen LogP contribution in [-0.2, 0) is 10.9 Å². The van der Waals surface area contributed by atoms with Gasteiger partial charge in [-0.05, 0) is 24.3 Å². The van der Waals surface area contributed by atoms with Gasteiger partial charge in [0.1, 0.15) is 17.1 Å². The summed E-state index contributed by atoms with van der Waals surface area (Å²) in [7, 11) is 0.977. The molecule has 0 fully saturated rings. The predicted octanol–water partition coefficient (Wildman–Crippen LogP) is 3.87. The molecule has 5 nitrogen and oxygen atoms in total. The average Bonchev–Trinajstić information content (AvgIpc) is 2.48. The van der Waals surface area contributed by atoms with Gasteiger partial charge in [0, 0.05) is 0 Å². The quantitative estimate of drug-likeness (QED) is 0.621. The molecule has 0 saturated heterocycles. The number of carbonyl (C=O) groups is 1. The van der Waals surface area contributed by atoms with Crippen molar-refractivity contribution in [2.75, 3.05) is 7.11 Å². The summed E-state index contributed by atoms with van der Waals surface area (Å²) in [5.74, 6) is -2.43. The summed E-state index contributed by atoms with van der Waals surface area (Å²) in [6.45, 7) is 0. The zero-order chi connectivity index (χ0) is 17.2. The molecular weight excluding hydrogens is 344 g/mol. The smallest absolute Gasteiger partial charge is 0.435 e. The van der Waals surface area contributed by atoms with Gasteiger partial charge in [0.15, 0.2) is 5.69 Å². The van der Waals surface area contributed by atoms with Crippen LogP contribution in [0.15, 0.2) is 24.3 Å². The summed E-state index contributed by atoms with van der Waals surface area (Å²) in [5, 5.41) is 6.01. The highest BCUT2D eigenvalue weighted by atomic mass is 35.5. The summed E-state index contributed by atoms with van der Waals surface area (Å²) in [4.78, 5) is 11.6. The maximum atomic E-state index is 13.0. The molecule has 0 aliphatic carbocycles. The first-order chi connectivity index (χ1) is 10.7. The van der Waals surface area contributed by atoms with Crippen molar-refractivity contribution in [1.82, 2.24) is 10.2 Å². The van der Waals surface area contributed by atoms with Gasteiger partial charge in [-0.15, -0.1) is 10.2 Å². The van der Waals surface area contributed by atoms with Gasteiger partial charge < -0.3 is 9.47 Å². The first-order valence-corrected chi connectivity index (χ1v) is 6.26. The largest absolute Gasteiger partial charge is 0.465 e. The van der Waals surface area contributed by atoms with Gasteiger partial charge in [0.05, 0.1) is 12.1 Å². The lowest BCUT2D eigenvalue weighted by molar-refractivity contribution is -0.141. The van der Waals surface area contributed by atoms with Crippen molar-refractivity contribution in [2.45, 2.75) is 6.18 Å². The molecule has 0 N–H and O–H groups in total. The third kappa shape index (κ3) is 3.86. The van der Waals surface area contributed by atoms with Crippen LogP contribution in [0.2, 0.25) is 5.02 Å². The van der Waals surface area contributed by atoms with Crippen molar-refractivity contribution in [1.29, 1.82) is 0 Å². The molecule has 1 aromatic carbocycles. The average molecular weight is 351 g/mol. The van der Waals surface area contributed by atoms with Crippen LogP contribution in [0.5, 0.6) is 11.6 Å². The number of ether oxygens (including phenoxy) is 2. The summed E-state index contributed by atoms with van der Waals surface area (Å²) in [5.41, 5.74) is -1.99.